The van der Waals surface area contributed by atoms with Crippen LogP contribution in [0.2, 0.25) is 0 Å². The first kappa shape index (κ1) is 14.2. The van der Waals surface area contributed by atoms with E-state index >= 15 is 0 Å². The predicted molar refractivity (Wildman–Crippen MR) is 74.3 cm³/mol. The summed E-state index contributed by atoms with van der Waals surface area (Å²) in [5.41, 5.74) is 0.280. The van der Waals surface area contributed by atoms with Crippen molar-refractivity contribution >= 4 is 17.6 Å². The lowest BCUT2D eigenvalue weighted by Gasteiger charge is -2.06. The molecule has 1 aliphatic rings. The minimum Gasteiger partial charge on any atom is -0.369 e. The normalized spacial score (nSPS) is 13.7. The Labute approximate surface area is 117 Å². The van der Waals surface area contributed by atoms with Crippen LogP contribution in [0.25, 0.3) is 0 Å². The Hall–Kier alpha value is -2.18. The molecule has 2 rings (SSSR count). The highest BCUT2D eigenvalue weighted by atomic mass is 16.2. The van der Waals surface area contributed by atoms with Crippen LogP contribution in [-0.2, 0) is 4.79 Å². The molecule has 1 aromatic heterocycles. The van der Waals surface area contributed by atoms with Crippen molar-refractivity contribution in [2.24, 2.45) is 0 Å². The van der Waals surface area contributed by atoms with Crippen LogP contribution >= 0.6 is 0 Å². The fourth-order valence-corrected chi connectivity index (χ4v) is 1.67. The summed E-state index contributed by atoms with van der Waals surface area (Å²) in [6, 6.07) is 3.72. The third-order valence-electron chi connectivity index (χ3n) is 2.95. The molecule has 0 bridgehead atoms. The van der Waals surface area contributed by atoms with Gasteiger partial charge in [0, 0.05) is 26.1 Å². The van der Waals surface area contributed by atoms with E-state index in [0.29, 0.717) is 24.8 Å². The number of hydrogen-bond donors (Lipinski definition) is 3. The number of aromatic nitrogens is 2. The molecule has 108 valence electrons. The largest absolute Gasteiger partial charge is 0.369 e. The van der Waals surface area contributed by atoms with Gasteiger partial charge in [0.05, 0.1) is 0 Å². The average Bonchev–Trinajstić information content (AvgIpc) is 3.27. The minimum atomic E-state index is -0.263. The lowest BCUT2D eigenvalue weighted by molar-refractivity contribution is -0.121. The molecule has 1 fully saturated rings. The summed E-state index contributed by atoms with van der Waals surface area (Å²) in [5, 5.41) is 16.2. The molecular formula is C13H19N5O2. The Balaban J connectivity index is 1.65. The first-order valence-corrected chi connectivity index (χ1v) is 6.78. The average molecular weight is 277 g/mol. The van der Waals surface area contributed by atoms with Gasteiger partial charge in [-0.15, -0.1) is 10.2 Å². The number of nitrogens with zero attached hydrogens (tertiary/aromatic N) is 2. The maximum absolute atomic E-state index is 11.4. The molecule has 1 heterocycles. The summed E-state index contributed by atoms with van der Waals surface area (Å²) < 4.78 is 0. The first-order chi connectivity index (χ1) is 9.69. The van der Waals surface area contributed by atoms with E-state index in [1.165, 1.54) is 0 Å². The maximum Gasteiger partial charge on any atom is 0.271 e. The van der Waals surface area contributed by atoms with Crippen molar-refractivity contribution in [1.29, 1.82) is 0 Å². The van der Waals surface area contributed by atoms with Crippen LogP contribution in [0.15, 0.2) is 12.1 Å². The molecule has 0 unspecified atom stereocenters. The zero-order valence-corrected chi connectivity index (χ0v) is 11.5. The van der Waals surface area contributed by atoms with Crippen molar-refractivity contribution in [3.8, 4) is 0 Å². The van der Waals surface area contributed by atoms with E-state index in [9.17, 15) is 9.59 Å². The van der Waals surface area contributed by atoms with Crippen molar-refractivity contribution < 1.29 is 9.59 Å². The Morgan fingerprint density at radius 1 is 1.30 bits per heavy atom. The van der Waals surface area contributed by atoms with E-state index in [4.69, 9.17) is 0 Å². The van der Waals surface area contributed by atoms with Gasteiger partial charge in [-0.1, -0.05) is 0 Å². The van der Waals surface area contributed by atoms with Gasteiger partial charge >= 0.3 is 0 Å². The summed E-state index contributed by atoms with van der Waals surface area (Å²) in [6.45, 7) is 0.645. The Bertz CT molecular complexity index is 470. The second-order valence-electron chi connectivity index (χ2n) is 4.76. The topological polar surface area (TPSA) is 96.0 Å². The van der Waals surface area contributed by atoms with Crippen LogP contribution in [0.3, 0.4) is 0 Å². The number of hydrogen-bond acceptors (Lipinski definition) is 5. The van der Waals surface area contributed by atoms with Crippen molar-refractivity contribution in [2.45, 2.75) is 31.7 Å². The van der Waals surface area contributed by atoms with E-state index in [-0.39, 0.29) is 17.5 Å². The third kappa shape index (κ3) is 4.49. The van der Waals surface area contributed by atoms with Crippen LogP contribution in [0, 0.1) is 0 Å². The van der Waals surface area contributed by atoms with Gasteiger partial charge in [-0.2, -0.15) is 0 Å². The van der Waals surface area contributed by atoms with Gasteiger partial charge in [-0.3, -0.25) is 9.59 Å². The first-order valence-electron chi connectivity index (χ1n) is 6.78. The zero-order chi connectivity index (χ0) is 14.4. The number of amides is 2. The molecule has 7 nitrogen and oxygen atoms in total. The van der Waals surface area contributed by atoms with Crippen LogP contribution in [0.4, 0.5) is 5.82 Å². The molecule has 0 atom stereocenters. The Morgan fingerprint density at radius 2 is 2.10 bits per heavy atom. The molecule has 0 aliphatic heterocycles. The van der Waals surface area contributed by atoms with Gasteiger partial charge in [-0.05, 0) is 31.4 Å². The zero-order valence-electron chi connectivity index (χ0n) is 11.5. The van der Waals surface area contributed by atoms with E-state index in [0.717, 1.165) is 19.3 Å². The Morgan fingerprint density at radius 3 is 2.70 bits per heavy atom. The summed E-state index contributed by atoms with van der Waals surface area (Å²) >= 11 is 0. The second kappa shape index (κ2) is 6.83. The van der Waals surface area contributed by atoms with Gasteiger partial charge in [0.25, 0.3) is 5.91 Å². The molecule has 0 aromatic carbocycles. The van der Waals surface area contributed by atoms with E-state index < -0.39 is 0 Å². The smallest absolute Gasteiger partial charge is 0.271 e. The lowest BCUT2D eigenvalue weighted by Crippen LogP contribution is -2.25. The van der Waals surface area contributed by atoms with Gasteiger partial charge in [0.1, 0.15) is 5.82 Å². The van der Waals surface area contributed by atoms with Gasteiger partial charge in [0.15, 0.2) is 5.69 Å². The number of rotatable bonds is 7. The summed E-state index contributed by atoms with van der Waals surface area (Å²) in [5.74, 6) is 0.441. The molecule has 3 N–H and O–H groups in total. The number of nitrogens with one attached hydrogen (secondary N) is 3. The van der Waals surface area contributed by atoms with Gasteiger partial charge in [-0.25, -0.2) is 0 Å². The number of carbonyl (C=O) groups is 2. The highest BCUT2D eigenvalue weighted by Gasteiger charge is 2.22. The second-order valence-corrected chi connectivity index (χ2v) is 4.76. The van der Waals surface area contributed by atoms with Crippen molar-refractivity contribution in [3.63, 3.8) is 0 Å². The number of carbonyl (C=O) groups excluding carboxylic acids is 2. The lowest BCUT2D eigenvalue weighted by atomic mass is 10.3. The SMILES string of the molecule is CNC(=O)c1ccc(NCCCC(=O)NC2CC2)nn1. The molecule has 1 saturated carbocycles. The van der Waals surface area contributed by atoms with Crippen LogP contribution in [0.1, 0.15) is 36.2 Å². The highest BCUT2D eigenvalue weighted by molar-refractivity contribution is 5.91. The van der Waals surface area contributed by atoms with Crippen molar-refractivity contribution in [2.75, 3.05) is 18.9 Å². The Kier molecular flexibility index (Phi) is 4.86. The van der Waals surface area contributed by atoms with Crippen LogP contribution < -0.4 is 16.0 Å². The monoisotopic (exact) mass is 277 g/mol. The summed E-state index contributed by atoms with van der Waals surface area (Å²) in [7, 11) is 1.54. The van der Waals surface area contributed by atoms with Crippen LogP contribution in [0.5, 0.6) is 0 Å². The molecule has 1 aliphatic carbocycles. The molecule has 7 heteroatoms. The van der Waals surface area contributed by atoms with Crippen molar-refractivity contribution in [1.82, 2.24) is 20.8 Å². The standard InChI is InChI=1S/C13H19N5O2/c1-14-13(20)10-6-7-11(18-17-10)15-8-2-3-12(19)16-9-4-5-9/h6-7,9H,2-5,8H2,1H3,(H,14,20)(H,15,18)(H,16,19). The quantitative estimate of drug-likeness (QED) is 0.623. The summed E-state index contributed by atoms with van der Waals surface area (Å²) in [4.78, 5) is 22.7. The fraction of sp³-hybridized carbons (Fsp3) is 0.538. The predicted octanol–water partition coefficient (Wildman–Crippen LogP) is 0.307. The molecule has 1 aromatic rings. The third-order valence-corrected chi connectivity index (χ3v) is 2.95. The van der Waals surface area contributed by atoms with E-state index in [1.807, 2.05) is 0 Å². The van der Waals surface area contributed by atoms with E-state index in [2.05, 4.69) is 26.1 Å². The maximum atomic E-state index is 11.4. The number of anilines is 1. The van der Waals surface area contributed by atoms with Crippen LogP contribution in [-0.4, -0.2) is 41.6 Å². The molecule has 0 radical (unpaired) electrons. The molecule has 2 amide bonds. The van der Waals surface area contributed by atoms with Gasteiger partial charge < -0.3 is 16.0 Å². The molecule has 0 spiro atoms. The summed E-state index contributed by atoms with van der Waals surface area (Å²) in [6.07, 6.45) is 3.46. The molecular weight excluding hydrogens is 258 g/mol. The molecule has 20 heavy (non-hydrogen) atoms. The van der Waals surface area contributed by atoms with Gasteiger partial charge in [0.2, 0.25) is 5.91 Å². The molecule has 0 saturated heterocycles. The van der Waals surface area contributed by atoms with E-state index in [1.54, 1.807) is 19.2 Å². The fourth-order valence-electron chi connectivity index (χ4n) is 1.67. The highest BCUT2D eigenvalue weighted by Crippen LogP contribution is 2.18. The van der Waals surface area contributed by atoms with Crippen molar-refractivity contribution in [3.05, 3.63) is 17.8 Å². The minimum absolute atomic E-state index is 0.107.